The average molecular weight is 279 g/mol. The number of rotatable bonds is 2. The van der Waals surface area contributed by atoms with Crippen LogP contribution in [0.25, 0.3) is 10.1 Å². The SMILES string of the molecule is CC#CCNC(=O)c1sc2ccc(Cl)cc2c1N. The summed E-state index contributed by atoms with van der Waals surface area (Å²) in [7, 11) is 0. The molecule has 2 aromatic rings. The zero-order valence-corrected chi connectivity index (χ0v) is 11.3. The highest BCUT2D eigenvalue weighted by Crippen LogP contribution is 2.35. The van der Waals surface area contributed by atoms with Gasteiger partial charge < -0.3 is 11.1 Å². The maximum atomic E-state index is 11.9. The summed E-state index contributed by atoms with van der Waals surface area (Å²) in [6.07, 6.45) is 0. The average Bonchev–Trinajstić information content (AvgIpc) is 2.67. The molecule has 0 radical (unpaired) electrons. The highest BCUT2D eigenvalue weighted by atomic mass is 35.5. The molecule has 0 unspecified atom stereocenters. The molecule has 0 saturated carbocycles. The summed E-state index contributed by atoms with van der Waals surface area (Å²) >= 11 is 7.27. The number of amides is 1. The highest BCUT2D eigenvalue weighted by molar-refractivity contribution is 7.21. The van der Waals surface area contributed by atoms with Crippen LogP contribution in [0.15, 0.2) is 18.2 Å². The van der Waals surface area contributed by atoms with Crippen molar-refractivity contribution < 1.29 is 4.79 Å². The van der Waals surface area contributed by atoms with E-state index < -0.39 is 0 Å². The minimum atomic E-state index is -0.201. The normalized spacial score (nSPS) is 9.89. The van der Waals surface area contributed by atoms with E-state index in [1.165, 1.54) is 11.3 Å². The van der Waals surface area contributed by atoms with Crippen molar-refractivity contribution in [2.75, 3.05) is 12.3 Å². The van der Waals surface area contributed by atoms with Crippen molar-refractivity contribution >= 4 is 44.6 Å². The Labute approximate surface area is 114 Å². The van der Waals surface area contributed by atoms with E-state index in [9.17, 15) is 4.79 Å². The smallest absolute Gasteiger partial charge is 0.264 e. The van der Waals surface area contributed by atoms with Gasteiger partial charge in [-0.2, -0.15) is 0 Å². The minimum Gasteiger partial charge on any atom is -0.397 e. The van der Waals surface area contributed by atoms with Gasteiger partial charge in [0.25, 0.3) is 5.91 Å². The van der Waals surface area contributed by atoms with Crippen LogP contribution in [-0.2, 0) is 0 Å². The number of carbonyl (C=O) groups is 1. The fourth-order valence-corrected chi connectivity index (χ4v) is 2.74. The van der Waals surface area contributed by atoms with Gasteiger partial charge in [0.05, 0.1) is 12.2 Å². The standard InChI is InChI=1S/C13H11ClN2OS/c1-2-3-6-16-13(17)12-11(15)9-7-8(14)4-5-10(9)18-12/h4-5,7H,6,15H2,1H3,(H,16,17). The second-order valence-electron chi connectivity index (χ2n) is 3.59. The lowest BCUT2D eigenvalue weighted by Gasteiger charge is -1.99. The number of carbonyl (C=O) groups excluding carboxylic acids is 1. The molecule has 0 saturated heterocycles. The quantitative estimate of drug-likeness (QED) is 0.830. The first-order valence-corrected chi connectivity index (χ1v) is 6.48. The Balaban J connectivity index is 2.35. The van der Waals surface area contributed by atoms with E-state index in [1.54, 1.807) is 19.1 Å². The van der Waals surface area contributed by atoms with Crippen LogP contribution in [-0.4, -0.2) is 12.5 Å². The third-order valence-electron chi connectivity index (χ3n) is 2.41. The van der Waals surface area contributed by atoms with Crippen LogP contribution >= 0.6 is 22.9 Å². The number of anilines is 1. The van der Waals surface area contributed by atoms with E-state index in [4.69, 9.17) is 17.3 Å². The molecule has 3 N–H and O–H groups in total. The van der Waals surface area contributed by atoms with Gasteiger partial charge in [0, 0.05) is 15.1 Å². The zero-order chi connectivity index (χ0) is 13.1. The summed E-state index contributed by atoms with van der Waals surface area (Å²) in [5, 5.41) is 4.13. The number of nitrogens with two attached hydrogens (primary N) is 1. The van der Waals surface area contributed by atoms with Crippen LogP contribution in [0.2, 0.25) is 5.02 Å². The van der Waals surface area contributed by atoms with E-state index >= 15 is 0 Å². The first-order valence-electron chi connectivity index (χ1n) is 5.29. The molecule has 1 amide bonds. The zero-order valence-electron chi connectivity index (χ0n) is 9.71. The molecule has 2 rings (SSSR count). The third-order valence-corrected chi connectivity index (χ3v) is 3.83. The Hall–Kier alpha value is -1.70. The molecule has 5 heteroatoms. The number of halogens is 1. The second-order valence-corrected chi connectivity index (χ2v) is 5.08. The van der Waals surface area contributed by atoms with E-state index in [-0.39, 0.29) is 5.91 Å². The number of hydrogen-bond donors (Lipinski definition) is 2. The lowest BCUT2D eigenvalue weighted by Crippen LogP contribution is -2.23. The Kier molecular flexibility index (Phi) is 3.75. The van der Waals surface area contributed by atoms with E-state index in [1.807, 2.05) is 6.07 Å². The van der Waals surface area contributed by atoms with Gasteiger partial charge in [-0.1, -0.05) is 17.5 Å². The van der Waals surface area contributed by atoms with Crippen LogP contribution in [0, 0.1) is 11.8 Å². The molecule has 3 nitrogen and oxygen atoms in total. The Morgan fingerprint density at radius 2 is 2.33 bits per heavy atom. The number of fused-ring (bicyclic) bond motifs is 1. The molecular weight excluding hydrogens is 268 g/mol. The number of benzene rings is 1. The summed E-state index contributed by atoms with van der Waals surface area (Å²) in [6.45, 7) is 2.05. The molecule has 0 fully saturated rings. The summed E-state index contributed by atoms with van der Waals surface area (Å²) < 4.78 is 0.948. The van der Waals surface area contributed by atoms with Crippen molar-refractivity contribution in [1.82, 2.24) is 5.32 Å². The third kappa shape index (κ3) is 2.42. The van der Waals surface area contributed by atoms with E-state index in [0.717, 1.165) is 10.1 Å². The van der Waals surface area contributed by atoms with Gasteiger partial charge in [0.15, 0.2) is 0 Å². The van der Waals surface area contributed by atoms with Gasteiger partial charge in [0.1, 0.15) is 4.88 Å². The maximum Gasteiger partial charge on any atom is 0.264 e. The number of hydrogen-bond acceptors (Lipinski definition) is 3. The summed E-state index contributed by atoms with van der Waals surface area (Å²) in [5.74, 6) is 5.28. The van der Waals surface area contributed by atoms with Crippen LogP contribution < -0.4 is 11.1 Å². The first kappa shape index (κ1) is 12.7. The van der Waals surface area contributed by atoms with Gasteiger partial charge in [0.2, 0.25) is 0 Å². The fourth-order valence-electron chi connectivity index (χ4n) is 1.55. The molecular formula is C13H11ClN2OS. The lowest BCUT2D eigenvalue weighted by molar-refractivity contribution is 0.0963. The van der Waals surface area contributed by atoms with Gasteiger partial charge in [-0.25, -0.2) is 0 Å². The summed E-state index contributed by atoms with van der Waals surface area (Å²) in [6, 6.07) is 5.41. The molecule has 1 aromatic carbocycles. The lowest BCUT2D eigenvalue weighted by atomic mass is 10.2. The molecule has 0 aliphatic heterocycles. The predicted octanol–water partition coefficient (Wildman–Crippen LogP) is 2.89. The summed E-state index contributed by atoms with van der Waals surface area (Å²) in [4.78, 5) is 12.4. The molecule has 0 aliphatic rings. The van der Waals surface area contributed by atoms with Crippen molar-refractivity contribution in [3.8, 4) is 11.8 Å². The molecule has 0 bridgehead atoms. The van der Waals surface area contributed by atoms with Crippen LogP contribution in [0.3, 0.4) is 0 Å². The topological polar surface area (TPSA) is 55.1 Å². The molecule has 18 heavy (non-hydrogen) atoms. The molecule has 0 spiro atoms. The van der Waals surface area contributed by atoms with Crippen molar-refractivity contribution in [1.29, 1.82) is 0 Å². The van der Waals surface area contributed by atoms with Crippen molar-refractivity contribution in [2.45, 2.75) is 6.92 Å². The van der Waals surface area contributed by atoms with Crippen molar-refractivity contribution in [2.24, 2.45) is 0 Å². The van der Waals surface area contributed by atoms with Gasteiger partial charge in [-0.15, -0.1) is 17.3 Å². The van der Waals surface area contributed by atoms with E-state index in [0.29, 0.717) is 22.1 Å². The van der Waals surface area contributed by atoms with E-state index in [2.05, 4.69) is 17.2 Å². The Morgan fingerprint density at radius 3 is 3.06 bits per heavy atom. The van der Waals surface area contributed by atoms with Crippen molar-refractivity contribution in [3.05, 3.63) is 28.1 Å². The van der Waals surface area contributed by atoms with Crippen LogP contribution in [0.5, 0.6) is 0 Å². The monoisotopic (exact) mass is 278 g/mol. The largest absolute Gasteiger partial charge is 0.397 e. The number of thiophene rings is 1. The fraction of sp³-hybridized carbons (Fsp3) is 0.154. The molecule has 1 aromatic heterocycles. The highest BCUT2D eigenvalue weighted by Gasteiger charge is 2.15. The van der Waals surface area contributed by atoms with Gasteiger partial charge in [-0.3, -0.25) is 4.79 Å². The van der Waals surface area contributed by atoms with Gasteiger partial charge >= 0.3 is 0 Å². The Bertz CT molecular complexity index is 667. The molecule has 1 heterocycles. The van der Waals surface area contributed by atoms with Gasteiger partial charge in [-0.05, 0) is 25.1 Å². The predicted molar refractivity (Wildman–Crippen MR) is 77.0 cm³/mol. The molecule has 0 atom stereocenters. The Morgan fingerprint density at radius 1 is 1.56 bits per heavy atom. The molecule has 0 aliphatic carbocycles. The first-order chi connectivity index (χ1) is 8.63. The number of nitrogens with one attached hydrogen (secondary N) is 1. The number of nitrogen functional groups attached to an aromatic ring is 1. The van der Waals surface area contributed by atoms with Crippen molar-refractivity contribution in [3.63, 3.8) is 0 Å². The maximum absolute atomic E-state index is 11.9. The van der Waals surface area contributed by atoms with Crippen LogP contribution in [0.4, 0.5) is 5.69 Å². The van der Waals surface area contributed by atoms with Crippen LogP contribution in [0.1, 0.15) is 16.6 Å². The minimum absolute atomic E-state index is 0.201. The second kappa shape index (κ2) is 5.30. The summed E-state index contributed by atoms with van der Waals surface area (Å²) in [5.41, 5.74) is 6.44. The molecule has 92 valence electrons.